The fraction of sp³-hybridized carbons (Fsp3) is 0.450. The minimum absolute atomic E-state index is 0.138. The van der Waals surface area contributed by atoms with Crippen LogP contribution in [0.1, 0.15) is 17.3 Å². The number of nitrogens with one attached hydrogen (secondary N) is 1. The van der Waals surface area contributed by atoms with Gasteiger partial charge in [0.2, 0.25) is 0 Å². The van der Waals surface area contributed by atoms with Crippen molar-refractivity contribution in [2.75, 3.05) is 46.5 Å². The standard InChI is InChI=1S/C20H25N3O3/c1-25-17-5-2-4-16(14-17)20-18-6-3-7-21(18)8-9-23(20)15-19(24)22-10-12-26-13-11-22/h2-7,14,20H,8-13,15H2,1H3/p+1/t20-/m0/s1. The van der Waals surface area contributed by atoms with Crippen LogP contribution in [0.25, 0.3) is 0 Å². The maximum absolute atomic E-state index is 12.8. The van der Waals surface area contributed by atoms with E-state index in [2.05, 4.69) is 35.0 Å². The number of nitrogens with zero attached hydrogens (tertiary/aromatic N) is 2. The first-order valence-corrected chi connectivity index (χ1v) is 9.25. The van der Waals surface area contributed by atoms with Gasteiger partial charge in [-0.05, 0) is 24.3 Å². The lowest BCUT2D eigenvalue weighted by atomic mass is 9.99. The topological polar surface area (TPSA) is 48.1 Å². The molecule has 0 saturated carbocycles. The van der Waals surface area contributed by atoms with Gasteiger partial charge in [-0.2, -0.15) is 0 Å². The van der Waals surface area contributed by atoms with Gasteiger partial charge in [-0.25, -0.2) is 0 Å². The predicted octanol–water partition coefficient (Wildman–Crippen LogP) is 0.343. The summed E-state index contributed by atoms with van der Waals surface area (Å²) in [4.78, 5) is 16.1. The molecule has 0 spiro atoms. The second-order valence-electron chi connectivity index (χ2n) is 6.91. The molecule has 0 bridgehead atoms. The van der Waals surface area contributed by atoms with Crippen molar-refractivity contribution in [3.05, 3.63) is 53.9 Å². The van der Waals surface area contributed by atoms with E-state index in [1.54, 1.807) is 7.11 Å². The van der Waals surface area contributed by atoms with Crippen molar-refractivity contribution in [2.24, 2.45) is 0 Å². The van der Waals surface area contributed by atoms with Gasteiger partial charge in [0.15, 0.2) is 12.6 Å². The third-order valence-corrected chi connectivity index (χ3v) is 5.41. The number of hydrogen-bond donors (Lipinski definition) is 1. The Kier molecular flexibility index (Phi) is 4.95. The van der Waals surface area contributed by atoms with Gasteiger partial charge in [0, 0.05) is 24.8 Å². The van der Waals surface area contributed by atoms with Crippen molar-refractivity contribution in [3.8, 4) is 5.75 Å². The van der Waals surface area contributed by atoms with E-state index in [0.717, 1.165) is 18.8 Å². The highest BCUT2D eigenvalue weighted by molar-refractivity contribution is 5.77. The maximum Gasteiger partial charge on any atom is 0.277 e. The molecule has 4 rings (SSSR count). The molecule has 0 radical (unpaired) electrons. The number of fused-ring (bicyclic) bond motifs is 1. The third kappa shape index (κ3) is 3.34. The second-order valence-corrected chi connectivity index (χ2v) is 6.91. The van der Waals surface area contributed by atoms with Gasteiger partial charge < -0.3 is 23.8 Å². The SMILES string of the molecule is COc1cccc([C@H]2c3cccn3CC[NH+]2CC(=O)N2CCOCC2)c1. The molecule has 1 fully saturated rings. The fourth-order valence-electron chi connectivity index (χ4n) is 4.05. The molecular formula is C20H26N3O3+. The number of methoxy groups -OCH3 is 1. The predicted molar refractivity (Wildman–Crippen MR) is 97.4 cm³/mol. The molecule has 6 heteroatoms. The molecular weight excluding hydrogens is 330 g/mol. The molecule has 3 heterocycles. The Bertz CT molecular complexity index is 767. The lowest BCUT2D eigenvalue weighted by Crippen LogP contribution is -3.14. The van der Waals surface area contributed by atoms with Crippen LogP contribution in [0, 0.1) is 0 Å². The summed E-state index contributed by atoms with van der Waals surface area (Å²) < 4.78 is 13.1. The Balaban J connectivity index is 1.61. The van der Waals surface area contributed by atoms with Crippen LogP contribution >= 0.6 is 0 Å². The molecule has 138 valence electrons. The molecule has 2 aromatic rings. The number of aromatic nitrogens is 1. The van der Waals surface area contributed by atoms with Crippen molar-refractivity contribution >= 4 is 5.91 Å². The van der Waals surface area contributed by atoms with E-state index in [9.17, 15) is 4.79 Å². The first-order valence-electron chi connectivity index (χ1n) is 9.25. The van der Waals surface area contributed by atoms with Gasteiger partial charge in [0.25, 0.3) is 5.91 Å². The van der Waals surface area contributed by atoms with Crippen LogP contribution in [0.4, 0.5) is 0 Å². The summed E-state index contributed by atoms with van der Waals surface area (Å²) in [5.41, 5.74) is 2.45. The van der Waals surface area contributed by atoms with Crippen molar-refractivity contribution in [2.45, 2.75) is 12.6 Å². The number of quaternary nitrogens is 1. The molecule has 1 aromatic carbocycles. The highest BCUT2D eigenvalue weighted by atomic mass is 16.5. The first kappa shape index (κ1) is 17.1. The molecule has 2 atom stereocenters. The number of morpholine rings is 1. The van der Waals surface area contributed by atoms with Crippen LogP contribution < -0.4 is 9.64 Å². The summed E-state index contributed by atoms with van der Waals surface area (Å²) in [5.74, 6) is 1.07. The van der Waals surface area contributed by atoms with Crippen molar-refractivity contribution in [1.82, 2.24) is 9.47 Å². The van der Waals surface area contributed by atoms with Crippen LogP contribution in [0.3, 0.4) is 0 Å². The lowest BCUT2D eigenvalue weighted by Gasteiger charge is -2.35. The quantitative estimate of drug-likeness (QED) is 0.860. The van der Waals surface area contributed by atoms with Gasteiger partial charge in [0.05, 0.1) is 39.1 Å². The van der Waals surface area contributed by atoms with E-state index >= 15 is 0 Å². The Morgan fingerprint density at radius 1 is 1.23 bits per heavy atom. The van der Waals surface area contributed by atoms with Crippen LogP contribution in [0.5, 0.6) is 5.75 Å². The lowest BCUT2D eigenvalue weighted by molar-refractivity contribution is -0.922. The Morgan fingerprint density at radius 3 is 2.88 bits per heavy atom. The van der Waals surface area contributed by atoms with Crippen LogP contribution in [-0.2, 0) is 16.1 Å². The molecule has 2 aliphatic rings. The maximum atomic E-state index is 12.8. The molecule has 1 unspecified atom stereocenters. The van der Waals surface area contributed by atoms with Gasteiger partial charge in [0.1, 0.15) is 5.75 Å². The summed E-state index contributed by atoms with van der Waals surface area (Å²) in [6.07, 6.45) is 2.13. The Morgan fingerprint density at radius 2 is 2.08 bits per heavy atom. The Labute approximate surface area is 153 Å². The van der Waals surface area contributed by atoms with E-state index < -0.39 is 0 Å². The molecule has 1 saturated heterocycles. The van der Waals surface area contributed by atoms with Crippen LogP contribution in [0.15, 0.2) is 42.6 Å². The zero-order valence-corrected chi connectivity index (χ0v) is 15.2. The van der Waals surface area contributed by atoms with E-state index in [0.29, 0.717) is 32.8 Å². The molecule has 1 aromatic heterocycles. The van der Waals surface area contributed by atoms with E-state index in [4.69, 9.17) is 9.47 Å². The highest BCUT2D eigenvalue weighted by Crippen LogP contribution is 2.25. The molecule has 1 amide bonds. The summed E-state index contributed by atoms with van der Waals surface area (Å²) in [7, 11) is 1.69. The van der Waals surface area contributed by atoms with Crippen molar-refractivity contribution < 1.29 is 19.2 Å². The number of carbonyl (C=O) groups excluding carboxylic acids is 1. The summed E-state index contributed by atoms with van der Waals surface area (Å²) >= 11 is 0. The molecule has 6 nitrogen and oxygen atoms in total. The number of carbonyl (C=O) groups is 1. The number of hydrogen-bond acceptors (Lipinski definition) is 3. The van der Waals surface area contributed by atoms with Crippen LogP contribution in [-0.4, -0.2) is 61.9 Å². The molecule has 26 heavy (non-hydrogen) atoms. The summed E-state index contributed by atoms with van der Waals surface area (Å²) in [5, 5.41) is 0. The number of rotatable bonds is 4. The highest BCUT2D eigenvalue weighted by Gasteiger charge is 2.35. The van der Waals surface area contributed by atoms with E-state index in [1.807, 2.05) is 17.0 Å². The van der Waals surface area contributed by atoms with Crippen LogP contribution in [0.2, 0.25) is 0 Å². The average Bonchev–Trinajstić information content (AvgIpc) is 3.17. The van der Waals surface area contributed by atoms with Gasteiger partial charge in [-0.1, -0.05) is 12.1 Å². The zero-order valence-electron chi connectivity index (χ0n) is 15.2. The Hall–Kier alpha value is -2.31. The fourth-order valence-corrected chi connectivity index (χ4v) is 4.05. The van der Waals surface area contributed by atoms with E-state index in [1.165, 1.54) is 16.2 Å². The molecule has 2 aliphatic heterocycles. The largest absolute Gasteiger partial charge is 0.497 e. The number of amides is 1. The monoisotopic (exact) mass is 356 g/mol. The minimum Gasteiger partial charge on any atom is -0.497 e. The number of ether oxygens (including phenoxy) is 2. The second kappa shape index (κ2) is 7.51. The molecule has 1 N–H and O–H groups in total. The molecule has 0 aliphatic carbocycles. The van der Waals surface area contributed by atoms with Gasteiger partial charge in [-0.3, -0.25) is 4.79 Å². The van der Waals surface area contributed by atoms with Crippen molar-refractivity contribution in [3.63, 3.8) is 0 Å². The minimum atomic E-state index is 0.138. The summed E-state index contributed by atoms with van der Waals surface area (Å²) in [6.45, 7) is 5.06. The first-order chi connectivity index (χ1) is 12.8. The third-order valence-electron chi connectivity index (χ3n) is 5.41. The number of benzene rings is 1. The summed E-state index contributed by atoms with van der Waals surface area (Å²) in [6, 6.07) is 12.6. The zero-order chi connectivity index (χ0) is 17.9. The van der Waals surface area contributed by atoms with Gasteiger partial charge >= 0.3 is 0 Å². The van der Waals surface area contributed by atoms with E-state index in [-0.39, 0.29) is 11.9 Å². The van der Waals surface area contributed by atoms with Crippen molar-refractivity contribution in [1.29, 1.82) is 0 Å². The smallest absolute Gasteiger partial charge is 0.277 e. The average molecular weight is 356 g/mol. The van der Waals surface area contributed by atoms with Gasteiger partial charge in [-0.15, -0.1) is 0 Å². The normalized spacial score (nSPS) is 22.7.